The fourth-order valence-corrected chi connectivity index (χ4v) is 1.94. The summed E-state index contributed by atoms with van der Waals surface area (Å²) in [5.74, 6) is 0.136. The summed E-state index contributed by atoms with van der Waals surface area (Å²) in [7, 11) is 0. The second-order valence-corrected chi connectivity index (χ2v) is 4.64. The summed E-state index contributed by atoms with van der Waals surface area (Å²) in [6.07, 6.45) is -0.761. The van der Waals surface area contributed by atoms with Gasteiger partial charge in [-0.3, -0.25) is 0 Å². The molecule has 2 aromatic carbocycles. The molecule has 0 spiro atoms. The first-order valence-corrected chi connectivity index (χ1v) is 6.22. The Labute approximate surface area is 112 Å². The molecule has 2 rings (SSSR count). The molecule has 3 heteroatoms. The van der Waals surface area contributed by atoms with E-state index in [9.17, 15) is 9.50 Å². The van der Waals surface area contributed by atoms with E-state index < -0.39 is 6.10 Å². The average molecular weight is 260 g/mol. The lowest BCUT2D eigenvalue weighted by molar-refractivity contribution is 0.189. The maximum Gasteiger partial charge on any atom is 0.125 e. The van der Waals surface area contributed by atoms with Gasteiger partial charge in [0.15, 0.2) is 0 Å². The molecule has 2 aromatic rings. The van der Waals surface area contributed by atoms with E-state index in [0.29, 0.717) is 17.9 Å². The molecule has 0 aliphatic heterocycles. The predicted molar refractivity (Wildman–Crippen MR) is 72.5 cm³/mol. The molecule has 100 valence electrons. The maximum absolute atomic E-state index is 13.2. The first kappa shape index (κ1) is 13.6. The van der Waals surface area contributed by atoms with Crippen molar-refractivity contribution in [3.63, 3.8) is 0 Å². The highest BCUT2D eigenvalue weighted by molar-refractivity contribution is 5.35. The number of aliphatic hydroxyl groups excluding tert-OH is 1. The minimum absolute atomic E-state index is 0.376. The van der Waals surface area contributed by atoms with Crippen molar-refractivity contribution >= 4 is 0 Å². The highest BCUT2D eigenvalue weighted by Gasteiger charge is 2.10. The molecule has 0 saturated carbocycles. The van der Waals surface area contributed by atoms with Gasteiger partial charge >= 0.3 is 0 Å². The average Bonchev–Trinajstić information content (AvgIpc) is 2.37. The molecule has 0 aliphatic carbocycles. The van der Waals surface area contributed by atoms with Crippen molar-refractivity contribution in [2.45, 2.75) is 26.6 Å². The summed E-state index contributed by atoms with van der Waals surface area (Å²) in [6.45, 7) is 4.00. The van der Waals surface area contributed by atoms with Gasteiger partial charge in [-0.15, -0.1) is 0 Å². The fourth-order valence-electron chi connectivity index (χ4n) is 1.94. The zero-order valence-electron chi connectivity index (χ0n) is 11.1. The molecule has 0 radical (unpaired) electrons. The minimum Gasteiger partial charge on any atom is -0.489 e. The number of rotatable bonds is 4. The fraction of sp³-hybridized carbons (Fsp3) is 0.250. The van der Waals surface area contributed by atoms with Crippen molar-refractivity contribution in [1.29, 1.82) is 0 Å². The Morgan fingerprint density at radius 1 is 1.21 bits per heavy atom. The Morgan fingerprint density at radius 2 is 2.00 bits per heavy atom. The van der Waals surface area contributed by atoms with Crippen LogP contribution < -0.4 is 4.74 Å². The van der Waals surface area contributed by atoms with Crippen LogP contribution >= 0.6 is 0 Å². The minimum atomic E-state index is -0.761. The number of aliphatic hydroxyl groups is 1. The van der Waals surface area contributed by atoms with Crippen LogP contribution in [0.15, 0.2) is 42.5 Å². The first-order chi connectivity index (χ1) is 9.06. The molecule has 1 N–H and O–H groups in total. The number of hydrogen-bond donors (Lipinski definition) is 1. The van der Waals surface area contributed by atoms with Crippen LogP contribution in [0.3, 0.4) is 0 Å². The van der Waals surface area contributed by atoms with E-state index in [0.717, 1.165) is 11.1 Å². The van der Waals surface area contributed by atoms with Crippen LogP contribution in [0.4, 0.5) is 4.39 Å². The van der Waals surface area contributed by atoms with Gasteiger partial charge in [-0.2, -0.15) is 0 Å². The lowest BCUT2D eigenvalue weighted by Gasteiger charge is -2.13. The zero-order valence-corrected chi connectivity index (χ0v) is 11.1. The van der Waals surface area contributed by atoms with E-state index in [1.165, 1.54) is 12.1 Å². The smallest absolute Gasteiger partial charge is 0.125 e. The molecule has 0 fully saturated rings. The van der Waals surface area contributed by atoms with Crippen molar-refractivity contribution in [1.82, 2.24) is 0 Å². The van der Waals surface area contributed by atoms with Crippen LogP contribution in [0.25, 0.3) is 0 Å². The normalized spacial score (nSPS) is 12.2. The third kappa shape index (κ3) is 3.55. The Morgan fingerprint density at radius 3 is 2.68 bits per heavy atom. The van der Waals surface area contributed by atoms with E-state index in [1.54, 1.807) is 13.0 Å². The lowest BCUT2D eigenvalue weighted by Crippen LogP contribution is -2.01. The van der Waals surface area contributed by atoms with Gasteiger partial charge in [-0.1, -0.05) is 29.8 Å². The van der Waals surface area contributed by atoms with Crippen LogP contribution in [0.1, 0.15) is 29.7 Å². The van der Waals surface area contributed by atoms with Gasteiger partial charge in [-0.25, -0.2) is 4.39 Å². The monoisotopic (exact) mass is 260 g/mol. The standard InChI is InChI=1S/C16H17FO2/c1-11-4-3-5-13(8-11)10-19-16-7-6-14(17)9-15(16)12(2)18/h3-9,12,18H,10H2,1-2H3/t12-/m0/s1. The summed E-state index contributed by atoms with van der Waals surface area (Å²) in [5, 5.41) is 9.62. The van der Waals surface area contributed by atoms with Gasteiger partial charge in [0.2, 0.25) is 0 Å². The molecule has 0 unspecified atom stereocenters. The lowest BCUT2D eigenvalue weighted by atomic mass is 10.1. The highest BCUT2D eigenvalue weighted by Crippen LogP contribution is 2.26. The van der Waals surface area contributed by atoms with Gasteiger partial charge in [0, 0.05) is 5.56 Å². The third-order valence-corrected chi connectivity index (χ3v) is 2.90. The van der Waals surface area contributed by atoms with Crippen LogP contribution in [0.5, 0.6) is 5.75 Å². The number of aryl methyl sites for hydroxylation is 1. The summed E-state index contributed by atoms with van der Waals surface area (Å²) in [6, 6.07) is 12.2. The molecule has 0 saturated heterocycles. The number of ether oxygens (including phenoxy) is 1. The number of benzene rings is 2. The molecule has 0 amide bonds. The Kier molecular flexibility index (Phi) is 4.17. The zero-order chi connectivity index (χ0) is 13.8. The Hall–Kier alpha value is -1.87. The van der Waals surface area contributed by atoms with Crippen LogP contribution in [0, 0.1) is 12.7 Å². The largest absolute Gasteiger partial charge is 0.489 e. The van der Waals surface area contributed by atoms with Crippen molar-refractivity contribution < 1.29 is 14.2 Å². The summed E-state index contributed by atoms with van der Waals surface area (Å²) < 4.78 is 18.8. The molecular formula is C16H17FO2. The molecule has 0 bridgehead atoms. The summed E-state index contributed by atoms with van der Waals surface area (Å²) >= 11 is 0. The third-order valence-electron chi connectivity index (χ3n) is 2.90. The molecule has 0 heterocycles. The summed E-state index contributed by atoms with van der Waals surface area (Å²) in [4.78, 5) is 0. The van der Waals surface area contributed by atoms with E-state index in [2.05, 4.69) is 0 Å². The van der Waals surface area contributed by atoms with E-state index >= 15 is 0 Å². The van der Waals surface area contributed by atoms with Crippen LogP contribution in [-0.2, 0) is 6.61 Å². The van der Waals surface area contributed by atoms with Gasteiger partial charge < -0.3 is 9.84 Å². The Bertz CT molecular complexity index is 564. The molecular weight excluding hydrogens is 243 g/mol. The topological polar surface area (TPSA) is 29.5 Å². The molecule has 0 aliphatic rings. The number of hydrogen-bond acceptors (Lipinski definition) is 2. The predicted octanol–water partition coefficient (Wildman–Crippen LogP) is 3.77. The quantitative estimate of drug-likeness (QED) is 0.906. The van der Waals surface area contributed by atoms with E-state index in [-0.39, 0.29) is 5.82 Å². The molecule has 0 aromatic heterocycles. The molecule has 1 atom stereocenters. The van der Waals surface area contributed by atoms with Crippen molar-refractivity contribution in [3.8, 4) is 5.75 Å². The van der Waals surface area contributed by atoms with Crippen LogP contribution in [-0.4, -0.2) is 5.11 Å². The first-order valence-electron chi connectivity index (χ1n) is 6.22. The van der Waals surface area contributed by atoms with Gasteiger partial charge in [0.1, 0.15) is 18.2 Å². The SMILES string of the molecule is Cc1cccc(COc2ccc(F)cc2[C@H](C)O)c1. The maximum atomic E-state index is 13.2. The van der Waals surface area contributed by atoms with Crippen molar-refractivity contribution in [2.24, 2.45) is 0 Å². The second-order valence-electron chi connectivity index (χ2n) is 4.64. The highest BCUT2D eigenvalue weighted by atomic mass is 19.1. The van der Waals surface area contributed by atoms with Gasteiger partial charge in [0.05, 0.1) is 6.10 Å². The van der Waals surface area contributed by atoms with Crippen molar-refractivity contribution in [3.05, 3.63) is 65.0 Å². The van der Waals surface area contributed by atoms with Crippen molar-refractivity contribution in [2.75, 3.05) is 0 Å². The number of halogens is 1. The molecule has 19 heavy (non-hydrogen) atoms. The van der Waals surface area contributed by atoms with E-state index in [4.69, 9.17) is 4.74 Å². The van der Waals surface area contributed by atoms with Gasteiger partial charge in [0.25, 0.3) is 0 Å². The Balaban J connectivity index is 2.15. The summed E-state index contributed by atoms with van der Waals surface area (Å²) in [5.41, 5.74) is 2.67. The van der Waals surface area contributed by atoms with Gasteiger partial charge in [-0.05, 0) is 37.6 Å². The molecule has 2 nitrogen and oxygen atoms in total. The van der Waals surface area contributed by atoms with E-state index in [1.807, 2.05) is 31.2 Å². The van der Waals surface area contributed by atoms with Crippen LogP contribution in [0.2, 0.25) is 0 Å². The second kappa shape index (κ2) is 5.85.